The lowest BCUT2D eigenvalue weighted by molar-refractivity contribution is -0.146. The molecule has 106 valence electrons. The van der Waals surface area contributed by atoms with E-state index in [1.165, 1.54) is 0 Å². The quantitative estimate of drug-likeness (QED) is 0.724. The van der Waals surface area contributed by atoms with Crippen LogP contribution in [0.25, 0.3) is 0 Å². The molecule has 1 amide bonds. The molecule has 6 heteroatoms. The number of hydrogen-bond donors (Lipinski definition) is 3. The van der Waals surface area contributed by atoms with Crippen molar-refractivity contribution in [3.05, 3.63) is 23.9 Å². The second-order valence-electron chi connectivity index (χ2n) is 5.45. The molecule has 1 heterocycles. The second-order valence-corrected chi connectivity index (χ2v) is 5.45. The SMILES string of the molecule is CCc1cn[nH]c1NC(=O)[C@H]1C2C=CC(C2)[C@H]1C(=O)O. The van der Waals surface area contributed by atoms with Gasteiger partial charge in [0.25, 0.3) is 0 Å². The second kappa shape index (κ2) is 4.77. The molecular weight excluding hydrogens is 258 g/mol. The first-order valence-corrected chi connectivity index (χ1v) is 6.86. The maximum absolute atomic E-state index is 12.4. The van der Waals surface area contributed by atoms with E-state index >= 15 is 0 Å². The summed E-state index contributed by atoms with van der Waals surface area (Å²) in [5, 5.41) is 18.8. The van der Waals surface area contributed by atoms with Gasteiger partial charge in [0.05, 0.1) is 18.0 Å². The highest BCUT2D eigenvalue weighted by Gasteiger charge is 2.51. The normalized spacial score (nSPS) is 30.6. The summed E-state index contributed by atoms with van der Waals surface area (Å²) in [5.41, 5.74) is 0.920. The van der Waals surface area contributed by atoms with Gasteiger partial charge in [-0.2, -0.15) is 5.10 Å². The maximum Gasteiger partial charge on any atom is 0.307 e. The lowest BCUT2D eigenvalue weighted by atomic mass is 9.82. The Morgan fingerprint density at radius 1 is 1.40 bits per heavy atom. The Labute approximate surface area is 116 Å². The number of anilines is 1. The minimum atomic E-state index is -0.887. The number of nitrogens with one attached hydrogen (secondary N) is 2. The van der Waals surface area contributed by atoms with Gasteiger partial charge in [0.1, 0.15) is 5.82 Å². The molecule has 2 aliphatic carbocycles. The lowest BCUT2D eigenvalue weighted by Gasteiger charge is -2.23. The number of carboxylic acid groups (broad SMARTS) is 1. The number of aryl methyl sites for hydroxylation is 1. The van der Waals surface area contributed by atoms with Gasteiger partial charge in [0, 0.05) is 5.56 Å². The van der Waals surface area contributed by atoms with Crippen molar-refractivity contribution in [3.63, 3.8) is 0 Å². The molecule has 2 bridgehead atoms. The molecule has 4 atom stereocenters. The molecule has 2 unspecified atom stereocenters. The Kier molecular flexibility index (Phi) is 3.08. The first kappa shape index (κ1) is 12.9. The van der Waals surface area contributed by atoms with Crippen molar-refractivity contribution in [2.24, 2.45) is 23.7 Å². The molecule has 0 radical (unpaired) electrons. The highest BCUT2D eigenvalue weighted by atomic mass is 16.4. The van der Waals surface area contributed by atoms with Crippen molar-refractivity contribution in [2.45, 2.75) is 19.8 Å². The fourth-order valence-corrected chi connectivity index (χ4v) is 3.41. The first-order valence-electron chi connectivity index (χ1n) is 6.86. The molecule has 3 rings (SSSR count). The Morgan fingerprint density at radius 2 is 2.10 bits per heavy atom. The molecule has 1 saturated carbocycles. The number of hydrogen-bond acceptors (Lipinski definition) is 3. The van der Waals surface area contributed by atoms with E-state index < -0.39 is 17.8 Å². The van der Waals surface area contributed by atoms with Crippen LogP contribution in [0, 0.1) is 23.7 Å². The van der Waals surface area contributed by atoms with E-state index in [-0.39, 0.29) is 17.7 Å². The molecule has 1 fully saturated rings. The smallest absolute Gasteiger partial charge is 0.307 e. The molecule has 0 aromatic carbocycles. The minimum absolute atomic E-state index is 0.0133. The van der Waals surface area contributed by atoms with E-state index in [1.807, 2.05) is 19.1 Å². The van der Waals surface area contributed by atoms with E-state index in [1.54, 1.807) is 6.20 Å². The van der Waals surface area contributed by atoms with Crippen LogP contribution in [0.4, 0.5) is 5.82 Å². The van der Waals surface area contributed by atoms with Gasteiger partial charge in [-0.05, 0) is 24.7 Å². The molecule has 0 saturated heterocycles. The van der Waals surface area contributed by atoms with Crippen molar-refractivity contribution >= 4 is 17.7 Å². The van der Waals surface area contributed by atoms with Gasteiger partial charge in [-0.1, -0.05) is 19.1 Å². The summed E-state index contributed by atoms with van der Waals surface area (Å²) >= 11 is 0. The third-order valence-electron chi connectivity index (χ3n) is 4.39. The van der Waals surface area contributed by atoms with E-state index in [0.29, 0.717) is 5.82 Å². The zero-order chi connectivity index (χ0) is 14.3. The van der Waals surface area contributed by atoms with Crippen LogP contribution in [-0.4, -0.2) is 27.2 Å². The molecular formula is C14H17N3O3. The third-order valence-corrected chi connectivity index (χ3v) is 4.39. The average molecular weight is 275 g/mol. The number of nitrogens with zero attached hydrogens (tertiary/aromatic N) is 1. The van der Waals surface area contributed by atoms with Crippen LogP contribution >= 0.6 is 0 Å². The summed E-state index contributed by atoms with van der Waals surface area (Å²) < 4.78 is 0. The number of fused-ring (bicyclic) bond motifs is 2. The zero-order valence-corrected chi connectivity index (χ0v) is 11.2. The van der Waals surface area contributed by atoms with Crippen LogP contribution < -0.4 is 5.32 Å². The number of carbonyl (C=O) groups is 2. The van der Waals surface area contributed by atoms with Gasteiger partial charge in [-0.25, -0.2) is 0 Å². The largest absolute Gasteiger partial charge is 0.481 e. The Morgan fingerprint density at radius 3 is 2.75 bits per heavy atom. The van der Waals surface area contributed by atoms with Crippen LogP contribution in [0.15, 0.2) is 18.3 Å². The minimum Gasteiger partial charge on any atom is -0.481 e. The van der Waals surface area contributed by atoms with E-state index in [2.05, 4.69) is 15.5 Å². The predicted molar refractivity (Wildman–Crippen MR) is 71.9 cm³/mol. The molecule has 2 aliphatic rings. The van der Waals surface area contributed by atoms with E-state index in [9.17, 15) is 14.7 Å². The van der Waals surface area contributed by atoms with Gasteiger partial charge < -0.3 is 10.4 Å². The number of carboxylic acids is 1. The van der Waals surface area contributed by atoms with Gasteiger partial charge in [-0.15, -0.1) is 0 Å². The van der Waals surface area contributed by atoms with Crippen LogP contribution in [0.1, 0.15) is 18.9 Å². The van der Waals surface area contributed by atoms with E-state index in [0.717, 1.165) is 18.4 Å². The first-order chi connectivity index (χ1) is 9.61. The third kappa shape index (κ3) is 1.92. The molecule has 6 nitrogen and oxygen atoms in total. The fourth-order valence-electron chi connectivity index (χ4n) is 3.41. The number of aromatic nitrogens is 2. The molecule has 20 heavy (non-hydrogen) atoms. The summed E-state index contributed by atoms with van der Waals surface area (Å²) in [6, 6.07) is 0. The number of amides is 1. The highest BCUT2D eigenvalue weighted by Crippen LogP contribution is 2.48. The predicted octanol–water partition coefficient (Wildman–Crippen LogP) is 1.43. The molecule has 0 spiro atoms. The monoisotopic (exact) mass is 275 g/mol. The van der Waals surface area contributed by atoms with Crippen molar-refractivity contribution in [2.75, 3.05) is 5.32 Å². The number of H-pyrrole nitrogens is 1. The summed E-state index contributed by atoms with van der Waals surface area (Å²) in [4.78, 5) is 23.8. The van der Waals surface area contributed by atoms with E-state index in [4.69, 9.17) is 0 Å². The van der Waals surface area contributed by atoms with Gasteiger partial charge in [0.2, 0.25) is 5.91 Å². The summed E-state index contributed by atoms with van der Waals surface area (Å²) in [6.07, 6.45) is 7.09. The van der Waals surface area contributed by atoms with Crippen LogP contribution in [0.2, 0.25) is 0 Å². The standard InChI is InChI=1S/C14H17N3O3/c1-2-7-6-15-17-12(7)16-13(18)10-8-3-4-9(5-8)11(10)14(19)20/h3-4,6,8-11H,2,5H2,1H3,(H,19,20)(H2,15,16,17,18)/t8?,9?,10-,11+/m0/s1. The van der Waals surface area contributed by atoms with Crippen LogP contribution in [0.3, 0.4) is 0 Å². The number of carbonyl (C=O) groups excluding carboxylic acids is 1. The fraction of sp³-hybridized carbons (Fsp3) is 0.500. The average Bonchev–Trinajstić information content (AvgIpc) is 3.12. The molecule has 0 aliphatic heterocycles. The Bertz CT molecular complexity index is 578. The number of rotatable bonds is 4. The van der Waals surface area contributed by atoms with Crippen molar-refractivity contribution in [3.8, 4) is 0 Å². The van der Waals surface area contributed by atoms with Crippen LogP contribution in [-0.2, 0) is 16.0 Å². The topological polar surface area (TPSA) is 95.1 Å². The van der Waals surface area contributed by atoms with Gasteiger partial charge in [-0.3, -0.25) is 14.7 Å². The Hall–Kier alpha value is -2.11. The van der Waals surface area contributed by atoms with Gasteiger partial charge >= 0.3 is 5.97 Å². The summed E-state index contributed by atoms with van der Waals surface area (Å²) in [7, 11) is 0. The lowest BCUT2D eigenvalue weighted by Crippen LogP contribution is -2.36. The summed E-state index contributed by atoms with van der Waals surface area (Å²) in [6.45, 7) is 1.97. The molecule has 3 N–H and O–H groups in total. The van der Waals surface area contributed by atoms with Crippen molar-refractivity contribution in [1.29, 1.82) is 0 Å². The molecule has 1 aromatic rings. The highest BCUT2D eigenvalue weighted by molar-refractivity contribution is 5.96. The zero-order valence-electron chi connectivity index (χ0n) is 11.2. The van der Waals surface area contributed by atoms with Gasteiger partial charge in [0.15, 0.2) is 0 Å². The maximum atomic E-state index is 12.4. The van der Waals surface area contributed by atoms with Crippen molar-refractivity contribution in [1.82, 2.24) is 10.2 Å². The Balaban J connectivity index is 1.80. The van der Waals surface area contributed by atoms with Crippen molar-refractivity contribution < 1.29 is 14.7 Å². The number of aromatic amines is 1. The number of allylic oxidation sites excluding steroid dienone is 2. The molecule has 1 aromatic heterocycles. The van der Waals surface area contributed by atoms with Crippen LogP contribution in [0.5, 0.6) is 0 Å². The summed E-state index contributed by atoms with van der Waals surface area (Å²) in [5.74, 6) is -1.62. The number of aliphatic carboxylic acids is 1.